The largest absolute Gasteiger partial charge is 0.384 e. The molecule has 98 valence electrons. The first-order valence-electron chi connectivity index (χ1n) is 6.73. The van der Waals surface area contributed by atoms with Gasteiger partial charge < -0.3 is 5.32 Å². The summed E-state index contributed by atoms with van der Waals surface area (Å²) in [6, 6.07) is 7.70. The van der Waals surface area contributed by atoms with E-state index in [0.717, 1.165) is 37.2 Å². The number of ketones is 1. The Balaban J connectivity index is 1.93. The Morgan fingerprint density at radius 3 is 3.16 bits per heavy atom. The number of aromatic nitrogens is 2. The molecule has 1 aliphatic rings. The van der Waals surface area contributed by atoms with Crippen molar-refractivity contribution in [1.82, 2.24) is 9.78 Å². The number of anilines is 1. The van der Waals surface area contributed by atoms with Crippen LogP contribution in [-0.4, -0.2) is 22.1 Å². The van der Waals surface area contributed by atoms with Crippen molar-refractivity contribution in [3.63, 3.8) is 0 Å². The van der Waals surface area contributed by atoms with E-state index in [1.807, 2.05) is 18.2 Å². The van der Waals surface area contributed by atoms with Gasteiger partial charge in [0.05, 0.1) is 0 Å². The molecule has 0 radical (unpaired) electrons. The van der Waals surface area contributed by atoms with Crippen LogP contribution in [0.15, 0.2) is 30.5 Å². The molecule has 0 fully saturated rings. The zero-order valence-corrected chi connectivity index (χ0v) is 11.0. The summed E-state index contributed by atoms with van der Waals surface area (Å²) < 4.78 is 1.78. The Kier molecular flexibility index (Phi) is 3.07. The van der Waals surface area contributed by atoms with E-state index in [-0.39, 0.29) is 5.78 Å². The second-order valence-electron chi connectivity index (χ2n) is 4.82. The predicted molar refractivity (Wildman–Crippen MR) is 74.6 cm³/mol. The number of hydrogen-bond acceptors (Lipinski definition) is 3. The molecule has 1 aliphatic heterocycles. The predicted octanol–water partition coefficient (Wildman–Crippen LogP) is 2.49. The molecule has 1 aromatic carbocycles. The minimum absolute atomic E-state index is 0.0439. The highest BCUT2D eigenvalue weighted by molar-refractivity contribution is 6.08. The molecule has 0 saturated carbocycles. The van der Waals surface area contributed by atoms with Gasteiger partial charge in [-0.1, -0.05) is 19.1 Å². The molecule has 0 saturated heterocycles. The molecular formula is C15H17N3O. The van der Waals surface area contributed by atoms with E-state index < -0.39 is 0 Å². The summed E-state index contributed by atoms with van der Waals surface area (Å²) in [4.78, 5) is 12.5. The highest BCUT2D eigenvalue weighted by Crippen LogP contribution is 2.24. The van der Waals surface area contributed by atoms with Crippen LogP contribution in [0.5, 0.6) is 0 Å². The van der Waals surface area contributed by atoms with E-state index >= 15 is 0 Å². The highest BCUT2D eigenvalue weighted by atomic mass is 16.1. The lowest BCUT2D eigenvalue weighted by atomic mass is 10.0. The van der Waals surface area contributed by atoms with E-state index in [1.54, 1.807) is 16.9 Å². The van der Waals surface area contributed by atoms with E-state index in [0.29, 0.717) is 5.69 Å². The summed E-state index contributed by atoms with van der Waals surface area (Å²) in [6.45, 7) is 3.81. The van der Waals surface area contributed by atoms with Crippen molar-refractivity contribution in [1.29, 1.82) is 0 Å². The Labute approximate surface area is 112 Å². The third kappa shape index (κ3) is 2.14. The second-order valence-corrected chi connectivity index (χ2v) is 4.82. The number of fused-ring (bicyclic) bond motifs is 1. The minimum atomic E-state index is 0.0439. The Bertz CT molecular complexity index is 616. The van der Waals surface area contributed by atoms with Crippen molar-refractivity contribution in [2.24, 2.45) is 0 Å². The molecule has 0 aliphatic carbocycles. The molecule has 0 atom stereocenters. The number of hydrogen-bond donors (Lipinski definition) is 1. The van der Waals surface area contributed by atoms with Crippen LogP contribution in [0.3, 0.4) is 0 Å². The van der Waals surface area contributed by atoms with Crippen LogP contribution in [-0.2, 0) is 13.0 Å². The lowest BCUT2D eigenvalue weighted by Gasteiger charge is -2.07. The molecule has 0 unspecified atom stereocenters. The Morgan fingerprint density at radius 1 is 1.42 bits per heavy atom. The standard InChI is InChI=1S/C15H17N3O/c1-2-9-18-14(6-8-17-18)15(19)12-4-3-11-5-7-16-13(11)10-12/h3-4,6,8,10,16H,2,5,7,9H2,1H3. The lowest BCUT2D eigenvalue weighted by Crippen LogP contribution is -2.11. The van der Waals surface area contributed by atoms with Crippen molar-refractivity contribution >= 4 is 11.5 Å². The van der Waals surface area contributed by atoms with Crippen molar-refractivity contribution in [3.8, 4) is 0 Å². The number of benzene rings is 1. The average molecular weight is 255 g/mol. The first-order valence-corrected chi connectivity index (χ1v) is 6.73. The van der Waals surface area contributed by atoms with Gasteiger partial charge in [-0.2, -0.15) is 5.10 Å². The van der Waals surface area contributed by atoms with Gasteiger partial charge in [-0.15, -0.1) is 0 Å². The van der Waals surface area contributed by atoms with Crippen LogP contribution in [0.2, 0.25) is 0 Å². The molecule has 0 amide bonds. The SMILES string of the molecule is CCCn1nccc1C(=O)c1ccc2c(c1)NCC2. The molecule has 0 bridgehead atoms. The van der Waals surface area contributed by atoms with Gasteiger partial charge in [-0.25, -0.2) is 0 Å². The number of carbonyl (C=O) groups is 1. The smallest absolute Gasteiger partial charge is 0.211 e. The summed E-state index contributed by atoms with van der Waals surface area (Å²) in [5.74, 6) is 0.0439. The number of carbonyl (C=O) groups excluding carboxylic acids is 1. The van der Waals surface area contributed by atoms with E-state index in [2.05, 4.69) is 17.3 Å². The molecule has 4 heteroatoms. The Hall–Kier alpha value is -2.10. The Morgan fingerprint density at radius 2 is 2.32 bits per heavy atom. The number of nitrogens with one attached hydrogen (secondary N) is 1. The molecule has 1 N–H and O–H groups in total. The highest BCUT2D eigenvalue weighted by Gasteiger charge is 2.17. The van der Waals surface area contributed by atoms with Gasteiger partial charge >= 0.3 is 0 Å². The zero-order valence-electron chi connectivity index (χ0n) is 11.0. The molecule has 3 rings (SSSR count). The van der Waals surface area contributed by atoms with Gasteiger partial charge in [-0.3, -0.25) is 9.48 Å². The van der Waals surface area contributed by atoms with Crippen molar-refractivity contribution in [2.75, 3.05) is 11.9 Å². The summed E-state index contributed by atoms with van der Waals surface area (Å²) in [5.41, 5.74) is 3.77. The van der Waals surface area contributed by atoms with Gasteiger partial charge in [0.15, 0.2) is 0 Å². The average Bonchev–Trinajstić information content (AvgIpc) is 3.05. The van der Waals surface area contributed by atoms with Gasteiger partial charge in [0.2, 0.25) is 5.78 Å². The maximum absolute atomic E-state index is 12.5. The van der Waals surface area contributed by atoms with E-state index in [1.165, 1.54) is 5.56 Å². The fourth-order valence-corrected chi connectivity index (χ4v) is 2.50. The van der Waals surface area contributed by atoms with Gasteiger partial charge in [0, 0.05) is 30.5 Å². The van der Waals surface area contributed by atoms with Gasteiger partial charge in [0.1, 0.15) is 5.69 Å². The fourth-order valence-electron chi connectivity index (χ4n) is 2.50. The molecule has 2 aromatic rings. The quantitative estimate of drug-likeness (QED) is 0.854. The number of aryl methyl sites for hydroxylation is 1. The fraction of sp³-hybridized carbons (Fsp3) is 0.333. The van der Waals surface area contributed by atoms with E-state index in [4.69, 9.17) is 0 Å². The summed E-state index contributed by atoms with van der Waals surface area (Å²) in [7, 11) is 0. The first kappa shape index (κ1) is 12.0. The monoisotopic (exact) mass is 255 g/mol. The molecule has 4 nitrogen and oxygen atoms in total. The lowest BCUT2D eigenvalue weighted by molar-refractivity contribution is 0.102. The van der Waals surface area contributed by atoms with Crippen LogP contribution in [0.25, 0.3) is 0 Å². The molecule has 0 spiro atoms. The van der Waals surface area contributed by atoms with Crippen LogP contribution < -0.4 is 5.32 Å². The van der Waals surface area contributed by atoms with Crippen LogP contribution in [0.4, 0.5) is 5.69 Å². The molecular weight excluding hydrogens is 238 g/mol. The normalized spacial score (nSPS) is 13.1. The maximum Gasteiger partial charge on any atom is 0.211 e. The molecule has 2 heterocycles. The van der Waals surface area contributed by atoms with Gasteiger partial charge in [-0.05, 0) is 30.5 Å². The maximum atomic E-state index is 12.5. The van der Waals surface area contributed by atoms with Crippen molar-refractivity contribution in [2.45, 2.75) is 26.3 Å². The summed E-state index contributed by atoms with van der Waals surface area (Å²) in [6.07, 6.45) is 3.69. The zero-order chi connectivity index (χ0) is 13.2. The first-order chi connectivity index (χ1) is 9.29. The number of nitrogens with zero attached hydrogens (tertiary/aromatic N) is 2. The van der Waals surface area contributed by atoms with Crippen molar-refractivity contribution in [3.05, 3.63) is 47.3 Å². The van der Waals surface area contributed by atoms with Gasteiger partial charge in [0.25, 0.3) is 0 Å². The van der Waals surface area contributed by atoms with Crippen molar-refractivity contribution < 1.29 is 4.79 Å². The van der Waals surface area contributed by atoms with Crippen LogP contribution >= 0.6 is 0 Å². The number of rotatable bonds is 4. The molecule has 1 aromatic heterocycles. The van der Waals surface area contributed by atoms with E-state index in [9.17, 15) is 4.79 Å². The third-order valence-corrected chi connectivity index (χ3v) is 3.47. The minimum Gasteiger partial charge on any atom is -0.384 e. The third-order valence-electron chi connectivity index (χ3n) is 3.47. The summed E-state index contributed by atoms with van der Waals surface area (Å²) in [5, 5.41) is 7.51. The topological polar surface area (TPSA) is 46.9 Å². The second kappa shape index (κ2) is 4.88. The van der Waals surface area contributed by atoms with Crippen LogP contribution in [0.1, 0.15) is 35.0 Å². The molecule has 19 heavy (non-hydrogen) atoms. The summed E-state index contributed by atoms with van der Waals surface area (Å²) >= 11 is 0. The van der Waals surface area contributed by atoms with Crippen LogP contribution in [0, 0.1) is 0 Å².